The maximum atomic E-state index is 11.8. The Kier molecular flexibility index (Phi) is 8.11. The minimum Gasteiger partial charge on any atom is -0.490 e. The van der Waals surface area contributed by atoms with Crippen molar-refractivity contribution in [3.8, 4) is 27.8 Å². The molecule has 1 amide bonds. The predicted octanol–water partition coefficient (Wildman–Crippen LogP) is 4.70. The highest BCUT2D eigenvalue weighted by molar-refractivity contribution is 7.13. The van der Waals surface area contributed by atoms with Gasteiger partial charge in [0.05, 0.1) is 0 Å². The van der Waals surface area contributed by atoms with E-state index in [4.69, 9.17) is 15.2 Å². The highest BCUT2D eigenvalue weighted by Crippen LogP contribution is 2.33. The lowest BCUT2D eigenvalue weighted by Crippen LogP contribution is -2.46. The topological polar surface area (TPSA) is 124 Å². The van der Waals surface area contributed by atoms with Crippen LogP contribution >= 0.6 is 11.3 Å². The van der Waals surface area contributed by atoms with Crippen LogP contribution in [0.1, 0.15) is 29.9 Å². The second-order valence-corrected chi connectivity index (χ2v) is 11.0. The fourth-order valence-corrected chi connectivity index (χ4v) is 5.15. The maximum Gasteiger partial charge on any atom is 0.254 e. The molecule has 40 heavy (non-hydrogen) atoms. The van der Waals surface area contributed by atoms with Gasteiger partial charge in [-0.15, -0.1) is 11.3 Å². The molecule has 1 aromatic carbocycles. The number of benzene rings is 1. The number of nitrogens with one attached hydrogen (secondary N) is 1. The molecule has 0 spiro atoms. The lowest BCUT2D eigenvalue weighted by molar-refractivity contribution is 0.0990. The molecule has 0 fully saturated rings. The Morgan fingerprint density at radius 1 is 1.10 bits per heavy atom. The number of fused-ring (bicyclic) bond motifs is 1. The molecule has 0 bridgehead atoms. The summed E-state index contributed by atoms with van der Waals surface area (Å²) >= 11 is 1.65. The lowest BCUT2D eigenvalue weighted by atomic mass is 9.98. The van der Waals surface area contributed by atoms with E-state index in [1.165, 1.54) is 6.20 Å². The van der Waals surface area contributed by atoms with Crippen molar-refractivity contribution < 1.29 is 19.4 Å². The average Bonchev–Trinajstić information content (AvgIpc) is 3.62. The van der Waals surface area contributed by atoms with Gasteiger partial charge in [-0.25, -0.2) is 9.97 Å². The molecule has 0 aliphatic carbocycles. The van der Waals surface area contributed by atoms with Gasteiger partial charge >= 0.3 is 0 Å². The summed E-state index contributed by atoms with van der Waals surface area (Å²) in [6.07, 6.45) is 5.16. The minimum atomic E-state index is -0.698. The van der Waals surface area contributed by atoms with Gasteiger partial charge in [0.1, 0.15) is 24.0 Å². The number of β-amino-alcohol motifs (C(OH)–C–C–N with tert-alkyl or cyclic N) is 1. The molecule has 4 aromatic heterocycles. The number of para-hydroxylation sites is 1. The molecular weight excluding hydrogens is 526 g/mol. The highest BCUT2D eigenvalue weighted by atomic mass is 32.1. The van der Waals surface area contributed by atoms with E-state index in [0.29, 0.717) is 24.4 Å². The molecule has 0 aliphatic rings. The molecule has 1 atom stereocenters. The number of aliphatic hydroxyl groups excluding tert-OH is 1. The van der Waals surface area contributed by atoms with Gasteiger partial charge in [-0.3, -0.25) is 4.79 Å². The lowest BCUT2D eigenvalue weighted by Gasteiger charge is -2.28. The highest BCUT2D eigenvalue weighted by Gasteiger charge is 2.23. The van der Waals surface area contributed by atoms with Gasteiger partial charge in [-0.2, -0.15) is 0 Å². The molecule has 10 heteroatoms. The molecule has 0 saturated heterocycles. The summed E-state index contributed by atoms with van der Waals surface area (Å²) in [5.41, 5.74) is 7.86. The molecule has 9 nitrogen and oxygen atoms in total. The number of hydrogen-bond acceptors (Lipinski definition) is 8. The Morgan fingerprint density at radius 2 is 1.93 bits per heavy atom. The summed E-state index contributed by atoms with van der Waals surface area (Å²) in [7, 11) is 0. The number of primary amides is 1. The number of imidazole rings is 1. The first kappa shape index (κ1) is 27.3. The molecule has 4 N–H and O–H groups in total. The third-order valence-corrected chi connectivity index (χ3v) is 7.27. The van der Waals surface area contributed by atoms with Crippen LogP contribution in [0.3, 0.4) is 0 Å². The Morgan fingerprint density at radius 3 is 2.73 bits per heavy atom. The maximum absolute atomic E-state index is 11.8. The molecule has 5 aromatic rings. The summed E-state index contributed by atoms with van der Waals surface area (Å²) in [6.45, 7) is 4.66. The van der Waals surface area contributed by atoms with Crippen molar-refractivity contribution in [2.24, 2.45) is 5.73 Å². The van der Waals surface area contributed by atoms with Crippen molar-refractivity contribution in [3.05, 3.63) is 95.9 Å². The average molecular weight is 558 g/mol. The fraction of sp³-hybridized carbons (Fsp3) is 0.233. The van der Waals surface area contributed by atoms with Crippen LogP contribution in [0.5, 0.6) is 17.4 Å². The first-order chi connectivity index (χ1) is 19.3. The van der Waals surface area contributed by atoms with E-state index in [1.807, 2.05) is 52.4 Å². The number of carbonyl (C=O) groups is 1. The molecule has 4 heterocycles. The predicted molar refractivity (Wildman–Crippen MR) is 155 cm³/mol. The number of aliphatic hydroxyl groups is 1. The van der Waals surface area contributed by atoms with Crippen LogP contribution in [0, 0.1) is 0 Å². The molecular formula is C30H31N5O4S. The zero-order valence-corrected chi connectivity index (χ0v) is 23.1. The van der Waals surface area contributed by atoms with Gasteiger partial charge in [0.15, 0.2) is 11.4 Å². The first-order valence-electron chi connectivity index (χ1n) is 12.9. The first-order valence-corrected chi connectivity index (χ1v) is 13.7. The van der Waals surface area contributed by atoms with Crippen LogP contribution < -0.4 is 20.5 Å². The summed E-state index contributed by atoms with van der Waals surface area (Å²) in [5, 5.41) is 16.2. The summed E-state index contributed by atoms with van der Waals surface area (Å²) in [4.78, 5) is 21.6. The van der Waals surface area contributed by atoms with Gasteiger partial charge in [-0.05, 0) is 61.7 Å². The van der Waals surface area contributed by atoms with E-state index >= 15 is 0 Å². The van der Waals surface area contributed by atoms with E-state index in [-0.39, 0.29) is 23.6 Å². The van der Waals surface area contributed by atoms with E-state index in [1.54, 1.807) is 35.7 Å². The largest absolute Gasteiger partial charge is 0.490 e. The molecule has 206 valence electrons. The van der Waals surface area contributed by atoms with Crippen molar-refractivity contribution in [3.63, 3.8) is 0 Å². The zero-order valence-electron chi connectivity index (χ0n) is 22.3. The number of amides is 1. The number of pyridine rings is 2. The quantitative estimate of drug-likeness (QED) is 0.203. The van der Waals surface area contributed by atoms with Crippen LogP contribution in [0.15, 0.2) is 84.6 Å². The zero-order chi connectivity index (χ0) is 28.1. The van der Waals surface area contributed by atoms with Gasteiger partial charge in [-0.1, -0.05) is 18.2 Å². The van der Waals surface area contributed by atoms with E-state index in [9.17, 15) is 9.90 Å². The SMILES string of the molecule is CC(C)(Cc1cnc2c(Oc3ncccc3C(N)=O)cccn12)NC[C@H](O)COc1ccccc1-c1cccs1. The van der Waals surface area contributed by atoms with Gasteiger partial charge in [0, 0.05) is 53.2 Å². The normalized spacial score (nSPS) is 12.4. The van der Waals surface area contributed by atoms with Crippen molar-refractivity contribution in [1.29, 1.82) is 0 Å². The summed E-state index contributed by atoms with van der Waals surface area (Å²) < 4.78 is 13.9. The van der Waals surface area contributed by atoms with Crippen molar-refractivity contribution in [2.45, 2.75) is 31.9 Å². The van der Waals surface area contributed by atoms with Crippen LogP contribution in [-0.4, -0.2) is 50.2 Å². The van der Waals surface area contributed by atoms with E-state index < -0.39 is 12.0 Å². The Hall–Kier alpha value is -4.25. The third-order valence-electron chi connectivity index (χ3n) is 6.36. The molecule has 0 saturated carbocycles. The number of aromatic nitrogens is 3. The Labute approximate surface area is 236 Å². The summed E-state index contributed by atoms with van der Waals surface area (Å²) in [6, 6.07) is 18.7. The summed E-state index contributed by atoms with van der Waals surface area (Å²) in [5.74, 6) is 0.715. The standard InChI is InChI=1S/C30H31N5O4S/c1-30(2,34-18-21(36)19-38-24-10-4-3-8-22(24)26-12-7-15-40-26)16-20-17-33-28-25(11-6-14-35(20)28)39-29-23(27(31)37)9-5-13-32-29/h3-15,17,21,34,36H,16,18-19H2,1-2H3,(H2,31,37)/t21-/m0/s1. The Bertz CT molecular complexity index is 1600. The van der Waals surface area contributed by atoms with Crippen LogP contribution in [0.4, 0.5) is 0 Å². The number of nitrogens with zero attached hydrogens (tertiary/aromatic N) is 3. The second-order valence-electron chi connectivity index (χ2n) is 10.0. The van der Waals surface area contributed by atoms with Crippen LogP contribution in [-0.2, 0) is 6.42 Å². The Balaban J connectivity index is 1.21. The van der Waals surface area contributed by atoms with Crippen molar-refractivity contribution in [1.82, 2.24) is 19.7 Å². The van der Waals surface area contributed by atoms with E-state index in [0.717, 1.165) is 21.9 Å². The van der Waals surface area contributed by atoms with Gasteiger partial charge in [0.2, 0.25) is 5.88 Å². The number of carbonyl (C=O) groups excluding carboxylic acids is 1. The van der Waals surface area contributed by atoms with Crippen LogP contribution in [0.2, 0.25) is 0 Å². The molecule has 5 rings (SSSR count). The van der Waals surface area contributed by atoms with Crippen LogP contribution in [0.25, 0.3) is 16.1 Å². The number of nitrogens with two attached hydrogens (primary N) is 1. The molecule has 0 aliphatic heterocycles. The number of ether oxygens (including phenoxy) is 2. The molecule has 0 radical (unpaired) electrons. The number of hydrogen-bond donors (Lipinski definition) is 3. The van der Waals surface area contributed by atoms with Crippen molar-refractivity contribution >= 4 is 22.9 Å². The van der Waals surface area contributed by atoms with Gasteiger partial charge in [0.25, 0.3) is 5.91 Å². The monoisotopic (exact) mass is 557 g/mol. The van der Waals surface area contributed by atoms with Gasteiger partial charge < -0.3 is 30.0 Å². The van der Waals surface area contributed by atoms with E-state index in [2.05, 4.69) is 35.2 Å². The smallest absolute Gasteiger partial charge is 0.254 e. The minimum absolute atomic E-state index is 0.129. The third kappa shape index (κ3) is 6.31. The second kappa shape index (κ2) is 11.9. The number of rotatable bonds is 12. The number of thiophene rings is 1. The van der Waals surface area contributed by atoms with Crippen molar-refractivity contribution in [2.75, 3.05) is 13.2 Å². The fourth-order valence-electron chi connectivity index (χ4n) is 4.39. The molecule has 0 unspecified atom stereocenters.